The van der Waals surface area contributed by atoms with Crippen molar-refractivity contribution in [1.82, 2.24) is 0 Å². The average molecular weight is 234 g/mol. The number of aldehydes is 1. The predicted molar refractivity (Wildman–Crippen MR) is 70.6 cm³/mol. The summed E-state index contributed by atoms with van der Waals surface area (Å²) in [6.45, 7) is 5.20. The van der Waals surface area contributed by atoms with E-state index in [1.807, 2.05) is 12.1 Å². The first-order valence-corrected chi connectivity index (χ1v) is 6.48. The first-order chi connectivity index (χ1) is 8.30. The van der Waals surface area contributed by atoms with E-state index in [2.05, 4.69) is 13.8 Å². The number of rotatable bonds is 8. The predicted octanol–water partition coefficient (Wildman–Crippen LogP) is 4.09. The first-order valence-electron chi connectivity index (χ1n) is 6.48. The standard InChI is InChI=1S/C15H22O2/c1-3-5-6-13(4-2)12-17-15-9-7-14(11-16)8-10-15/h7-11,13H,3-6,12H2,1-2H3. The van der Waals surface area contributed by atoms with Crippen LogP contribution in [0.2, 0.25) is 0 Å². The van der Waals surface area contributed by atoms with Gasteiger partial charge in [0.25, 0.3) is 0 Å². The van der Waals surface area contributed by atoms with Crippen LogP contribution in [0.4, 0.5) is 0 Å². The zero-order valence-corrected chi connectivity index (χ0v) is 10.8. The van der Waals surface area contributed by atoms with Crippen LogP contribution in [0.1, 0.15) is 49.9 Å². The molecule has 94 valence electrons. The van der Waals surface area contributed by atoms with Gasteiger partial charge in [0.2, 0.25) is 0 Å². The van der Waals surface area contributed by atoms with E-state index in [0.29, 0.717) is 11.5 Å². The van der Waals surface area contributed by atoms with Gasteiger partial charge < -0.3 is 4.74 Å². The van der Waals surface area contributed by atoms with Crippen LogP contribution >= 0.6 is 0 Å². The van der Waals surface area contributed by atoms with Gasteiger partial charge in [-0.3, -0.25) is 4.79 Å². The summed E-state index contributed by atoms with van der Waals surface area (Å²) in [5, 5.41) is 0. The zero-order chi connectivity index (χ0) is 12.5. The molecular weight excluding hydrogens is 212 g/mol. The van der Waals surface area contributed by atoms with Gasteiger partial charge in [0.05, 0.1) is 6.61 Å². The van der Waals surface area contributed by atoms with E-state index >= 15 is 0 Å². The minimum Gasteiger partial charge on any atom is -0.493 e. The van der Waals surface area contributed by atoms with Gasteiger partial charge >= 0.3 is 0 Å². The Morgan fingerprint density at radius 3 is 2.47 bits per heavy atom. The molecule has 1 aromatic carbocycles. The quantitative estimate of drug-likeness (QED) is 0.633. The number of ether oxygens (including phenoxy) is 1. The van der Waals surface area contributed by atoms with Gasteiger partial charge in [-0.05, 0) is 36.6 Å². The highest BCUT2D eigenvalue weighted by Gasteiger charge is 2.06. The Morgan fingerprint density at radius 2 is 1.94 bits per heavy atom. The van der Waals surface area contributed by atoms with E-state index in [4.69, 9.17) is 4.74 Å². The Hall–Kier alpha value is -1.31. The van der Waals surface area contributed by atoms with Crippen molar-refractivity contribution < 1.29 is 9.53 Å². The second-order valence-electron chi connectivity index (χ2n) is 4.41. The molecule has 1 atom stereocenters. The summed E-state index contributed by atoms with van der Waals surface area (Å²) in [5.41, 5.74) is 0.690. The van der Waals surface area contributed by atoms with Crippen molar-refractivity contribution in [3.63, 3.8) is 0 Å². The molecule has 17 heavy (non-hydrogen) atoms. The van der Waals surface area contributed by atoms with Crippen molar-refractivity contribution in [3.05, 3.63) is 29.8 Å². The monoisotopic (exact) mass is 234 g/mol. The average Bonchev–Trinajstić information content (AvgIpc) is 2.39. The second kappa shape index (κ2) is 7.88. The molecule has 2 heteroatoms. The van der Waals surface area contributed by atoms with Crippen molar-refractivity contribution in [2.75, 3.05) is 6.61 Å². The molecule has 0 aromatic heterocycles. The molecule has 0 aliphatic rings. The van der Waals surface area contributed by atoms with Crippen LogP contribution in [-0.2, 0) is 0 Å². The van der Waals surface area contributed by atoms with Gasteiger partial charge in [-0.1, -0.05) is 33.1 Å². The van der Waals surface area contributed by atoms with Gasteiger partial charge in [-0.25, -0.2) is 0 Å². The molecule has 0 saturated carbocycles. The molecule has 0 aliphatic carbocycles. The van der Waals surface area contributed by atoms with Crippen molar-refractivity contribution in [2.45, 2.75) is 39.5 Å². The first kappa shape index (κ1) is 13.8. The van der Waals surface area contributed by atoms with Crippen LogP contribution in [0.5, 0.6) is 5.75 Å². The van der Waals surface area contributed by atoms with E-state index in [0.717, 1.165) is 25.1 Å². The fourth-order valence-corrected chi connectivity index (χ4v) is 1.75. The maximum atomic E-state index is 10.5. The molecule has 1 unspecified atom stereocenters. The maximum Gasteiger partial charge on any atom is 0.150 e. The Bertz CT molecular complexity index is 316. The number of carbonyl (C=O) groups excluding carboxylic acids is 1. The lowest BCUT2D eigenvalue weighted by Gasteiger charge is -2.15. The topological polar surface area (TPSA) is 26.3 Å². The van der Waals surface area contributed by atoms with Crippen LogP contribution in [0.3, 0.4) is 0 Å². The van der Waals surface area contributed by atoms with Gasteiger partial charge in [-0.15, -0.1) is 0 Å². The molecular formula is C15H22O2. The van der Waals surface area contributed by atoms with E-state index in [9.17, 15) is 4.79 Å². The lowest BCUT2D eigenvalue weighted by atomic mass is 10.0. The molecule has 0 bridgehead atoms. The summed E-state index contributed by atoms with van der Waals surface area (Å²) in [4.78, 5) is 10.5. The van der Waals surface area contributed by atoms with E-state index in [-0.39, 0.29) is 0 Å². The lowest BCUT2D eigenvalue weighted by Crippen LogP contribution is -2.11. The Balaban J connectivity index is 2.39. The summed E-state index contributed by atoms with van der Waals surface area (Å²) < 4.78 is 5.74. The maximum absolute atomic E-state index is 10.5. The molecule has 0 radical (unpaired) electrons. The SMILES string of the molecule is CCCCC(CC)COc1ccc(C=O)cc1. The van der Waals surface area contributed by atoms with Crippen molar-refractivity contribution >= 4 is 6.29 Å². The van der Waals surface area contributed by atoms with Crippen LogP contribution in [0, 0.1) is 5.92 Å². The number of carbonyl (C=O) groups is 1. The third kappa shape index (κ3) is 5.03. The molecule has 1 rings (SSSR count). The Morgan fingerprint density at radius 1 is 1.24 bits per heavy atom. The molecule has 0 spiro atoms. The summed E-state index contributed by atoms with van der Waals surface area (Å²) in [5.74, 6) is 1.49. The second-order valence-corrected chi connectivity index (χ2v) is 4.41. The molecule has 0 amide bonds. The largest absolute Gasteiger partial charge is 0.493 e. The highest BCUT2D eigenvalue weighted by molar-refractivity contribution is 5.74. The number of hydrogen-bond donors (Lipinski definition) is 0. The van der Waals surface area contributed by atoms with Crippen LogP contribution in [0.15, 0.2) is 24.3 Å². The highest BCUT2D eigenvalue weighted by atomic mass is 16.5. The van der Waals surface area contributed by atoms with Gasteiger partial charge in [0.1, 0.15) is 12.0 Å². The zero-order valence-electron chi connectivity index (χ0n) is 10.8. The normalized spacial score (nSPS) is 12.1. The molecule has 0 aliphatic heterocycles. The molecule has 0 fully saturated rings. The Kier molecular flexibility index (Phi) is 6.38. The van der Waals surface area contributed by atoms with Crippen LogP contribution in [-0.4, -0.2) is 12.9 Å². The number of unbranched alkanes of at least 4 members (excludes halogenated alkanes) is 1. The molecule has 0 N–H and O–H groups in total. The highest BCUT2D eigenvalue weighted by Crippen LogP contribution is 2.16. The Labute approximate surface area is 104 Å². The minimum atomic E-state index is 0.640. The van der Waals surface area contributed by atoms with Gasteiger partial charge in [0, 0.05) is 5.56 Å². The third-order valence-electron chi connectivity index (χ3n) is 3.05. The van der Waals surface area contributed by atoms with Crippen LogP contribution in [0.25, 0.3) is 0 Å². The smallest absolute Gasteiger partial charge is 0.150 e. The third-order valence-corrected chi connectivity index (χ3v) is 3.05. The molecule has 2 nitrogen and oxygen atoms in total. The van der Waals surface area contributed by atoms with E-state index in [1.54, 1.807) is 12.1 Å². The van der Waals surface area contributed by atoms with Crippen molar-refractivity contribution in [1.29, 1.82) is 0 Å². The molecule has 0 heterocycles. The van der Waals surface area contributed by atoms with E-state index in [1.165, 1.54) is 19.3 Å². The van der Waals surface area contributed by atoms with Crippen LogP contribution < -0.4 is 4.74 Å². The number of benzene rings is 1. The number of hydrogen-bond acceptors (Lipinski definition) is 2. The summed E-state index contributed by atoms with van der Waals surface area (Å²) >= 11 is 0. The molecule has 1 aromatic rings. The lowest BCUT2D eigenvalue weighted by molar-refractivity contribution is 0.112. The minimum absolute atomic E-state index is 0.640. The molecule has 0 saturated heterocycles. The van der Waals surface area contributed by atoms with Crippen molar-refractivity contribution in [2.24, 2.45) is 5.92 Å². The van der Waals surface area contributed by atoms with Gasteiger partial charge in [0.15, 0.2) is 0 Å². The summed E-state index contributed by atoms with van der Waals surface area (Å²) in [6.07, 6.45) is 5.75. The fourth-order valence-electron chi connectivity index (χ4n) is 1.75. The summed E-state index contributed by atoms with van der Waals surface area (Å²) in [7, 11) is 0. The summed E-state index contributed by atoms with van der Waals surface area (Å²) in [6, 6.07) is 7.29. The van der Waals surface area contributed by atoms with E-state index < -0.39 is 0 Å². The van der Waals surface area contributed by atoms with Crippen molar-refractivity contribution in [3.8, 4) is 5.75 Å². The van der Waals surface area contributed by atoms with Gasteiger partial charge in [-0.2, -0.15) is 0 Å². The fraction of sp³-hybridized carbons (Fsp3) is 0.533.